The third-order valence-corrected chi connectivity index (χ3v) is 3.29. The van der Waals surface area contributed by atoms with Crippen molar-refractivity contribution in [1.82, 2.24) is 0 Å². The minimum Gasteiger partial charge on any atom is -0.172 e. The Kier molecular flexibility index (Phi) is 2.63. The Morgan fingerprint density at radius 2 is 1.44 bits per heavy atom. The first-order chi connectivity index (χ1) is 3.81. The number of rotatable bonds is 1. The van der Waals surface area contributed by atoms with E-state index in [1.807, 2.05) is 0 Å². The van der Waals surface area contributed by atoms with Crippen molar-refractivity contribution < 1.29 is 0 Å². The topological polar surface area (TPSA) is 0 Å². The summed E-state index contributed by atoms with van der Waals surface area (Å²) >= 11 is 4.57. The zero-order chi connectivity index (χ0) is 7.71. The van der Waals surface area contributed by atoms with Crippen molar-refractivity contribution in [2.75, 3.05) is 0 Å². The van der Waals surface area contributed by atoms with Gasteiger partial charge in [-0.1, -0.05) is 34.6 Å². The fraction of sp³-hybridized carbons (Fsp3) is 1.00. The summed E-state index contributed by atoms with van der Waals surface area (Å²) in [5.74, 6) is 0. The van der Waals surface area contributed by atoms with Crippen LogP contribution in [-0.4, -0.2) is 4.75 Å². The van der Waals surface area contributed by atoms with Crippen LogP contribution in [0.1, 0.15) is 41.0 Å². The summed E-state index contributed by atoms with van der Waals surface area (Å²) in [4.78, 5) is 0. The standard InChI is InChI=1S/C8H18S/c1-6-8(5,9)7(2,3)4/h9H,6H2,1-5H3. The molecule has 0 spiro atoms. The van der Waals surface area contributed by atoms with E-state index in [-0.39, 0.29) is 4.75 Å². The molecule has 0 fully saturated rings. The van der Waals surface area contributed by atoms with Crippen molar-refractivity contribution in [3.63, 3.8) is 0 Å². The SMILES string of the molecule is CCC(C)(S)C(C)(C)C. The van der Waals surface area contributed by atoms with Gasteiger partial charge in [0.25, 0.3) is 0 Å². The van der Waals surface area contributed by atoms with Gasteiger partial charge in [0.05, 0.1) is 0 Å². The van der Waals surface area contributed by atoms with Gasteiger partial charge in [-0.05, 0) is 11.8 Å². The predicted octanol–water partition coefficient (Wildman–Crippen LogP) is 3.13. The van der Waals surface area contributed by atoms with E-state index in [1.54, 1.807) is 0 Å². The van der Waals surface area contributed by atoms with Crippen LogP contribution in [0.25, 0.3) is 0 Å². The van der Waals surface area contributed by atoms with Crippen LogP contribution < -0.4 is 0 Å². The average molecular weight is 146 g/mol. The minimum atomic E-state index is 0.174. The Balaban J connectivity index is 4.14. The number of thiol groups is 1. The maximum absolute atomic E-state index is 4.57. The van der Waals surface area contributed by atoms with E-state index < -0.39 is 0 Å². The van der Waals surface area contributed by atoms with Gasteiger partial charge >= 0.3 is 0 Å². The van der Waals surface area contributed by atoms with Crippen molar-refractivity contribution in [2.45, 2.75) is 45.8 Å². The molecule has 0 aliphatic rings. The molecular weight excluding hydrogens is 128 g/mol. The van der Waals surface area contributed by atoms with Gasteiger partial charge in [0.2, 0.25) is 0 Å². The molecule has 0 N–H and O–H groups in total. The molecule has 1 atom stereocenters. The monoisotopic (exact) mass is 146 g/mol. The maximum atomic E-state index is 4.57. The molecule has 0 aromatic rings. The number of hydrogen-bond donors (Lipinski definition) is 1. The largest absolute Gasteiger partial charge is 0.172 e. The van der Waals surface area contributed by atoms with Gasteiger partial charge in [-0.15, -0.1) is 0 Å². The molecule has 0 saturated carbocycles. The molecule has 0 rings (SSSR count). The summed E-state index contributed by atoms with van der Waals surface area (Å²) in [6.45, 7) is 11.0. The summed E-state index contributed by atoms with van der Waals surface area (Å²) in [5.41, 5.74) is 0.310. The zero-order valence-corrected chi connectivity index (χ0v) is 8.05. The normalized spacial score (nSPS) is 19.3. The third kappa shape index (κ3) is 2.21. The lowest BCUT2D eigenvalue weighted by atomic mass is 9.79. The summed E-state index contributed by atoms with van der Waals surface area (Å²) in [6, 6.07) is 0. The molecule has 0 aliphatic heterocycles. The third-order valence-electron chi connectivity index (χ3n) is 2.30. The van der Waals surface area contributed by atoms with Crippen LogP contribution in [0.5, 0.6) is 0 Å². The molecular formula is C8H18S. The van der Waals surface area contributed by atoms with Crippen molar-refractivity contribution in [2.24, 2.45) is 5.41 Å². The average Bonchev–Trinajstić information content (AvgIpc) is 1.64. The second-order valence-electron chi connectivity index (χ2n) is 3.88. The molecule has 0 aromatic carbocycles. The van der Waals surface area contributed by atoms with Crippen LogP contribution in [0.4, 0.5) is 0 Å². The molecule has 0 radical (unpaired) electrons. The van der Waals surface area contributed by atoms with Crippen molar-refractivity contribution in [1.29, 1.82) is 0 Å². The van der Waals surface area contributed by atoms with Crippen LogP contribution in [-0.2, 0) is 0 Å². The highest BCUT2D eigenvalue weighted by Gasteiger charge is 2.31. The highest BCUT2D eigenvalue weighted by atomic mass is 32.1. The first-order valence-electron chi connectivity index (χ1n) is 3.53. The number of hydrogen-bond acceptors (Lipinski definition) is 1. The quantitative estimate of drug-likeness (QED) is 0.540. The Morgan fingerprint density at radius 3 is 1.44 bits per heavy atom. The van der Waals surface area contributed by atoms with Crippen LogP contribution in [0.2, 0.25) is 0 Å². The van der Waals surface area contributed by atoms with E-state index in [2.05, 4.69) is 47.2 Å². The summed E-state index contributed by atoms with van der Waals surface area (Å²) in [5, 5.41) is 0. The van der Waals surface area contributed by atoms with Gasteiger partial charge in [0.1, 0.15) is 0 Å². The molecule has 0 aromatic heterocycles. The molecule has 0 saturated heterocycles. The van der Waals surface area contributed by atoms with Crippen molar-refractivity contribution >= 4 is 12.6 Å². The fourth-order valence-electron chi connectivity index (χ4n) is 0.530. The van der Waals surface area contributed by atoms with Crippen molar-refractivity contribution in [3.8, 4) is 0 Å². The first-order valence-corrected chi connectivity index (χ1v) is 3.98. The lowest BCUT2D eigenvalue weighted by molar-refractivity contribution is 0.295. The summed E-state index contributed by atoms with van der Waals surface area (Å²) in [6.07, 6.45) is 1.12. The Morgan fingerprint density at radius 1 is 1.11 bits per heavy atom. The van der Waals surface area contributed by atoms with E-state index in [0.717, 1.165) is 6.42 Å². The van der Waals surface area contributed by atoms with E-state index in [0.29, 0.717) is 5.41 Å². The van der Waals surface area contributed by atoms with Crippen molar-refractivity contribution in [3.05, 3.63) is 0 Å². The molecule has 0 bridgehead atoms. The Hall–Kier alpha value is 0.350. The Labute approximate surface area is 64.4 Å². The molecule has 0 aliphatic carbocycles. The lowest BCUT2D eigenvalue weighted by Gasteiger charge is -2.36. The second-order valence-corrected chi connectivity index (χ2v) is 4.86. The molecule has 56 valence electrons. The van der Waals surface area contributed by atoms with Crippen LogP contribution in [0, 0.1) is 5.41 Å². The van der Waals surface area contributed by atoms with E-state index in [1.165, 1.54) is 0 Å². The van der Waals surface area contributed by atoms with Gasteiger partial charge < -0.3 is 0 Å². The first kappa shape index (κ1) is 9.35. The molecule has 9 heavy (non-hydrogen) atoms. The smallest absolute Gasteiger partial charge is 0.0147 e. The van der Waals surface area contributed by atoms with Crippen LogP contribution >= 0.6 is 12.6 Å². The van der Waals surface area contributed by atoms with Gasteiger partial charge in [0, 0.05) is 4.75 Å². The Bertz CT molecular complexity index is 87.2. The van der Waals surface area contributed by atoms with E-state index in [9.17, 15) is 0 Å². The molecule has 1 heteroatoms. The van der Waals surface area contributed by atoms with Gasteiger partial charge in [-0.2, -0.15) is 12.6 Å². The summed E-state index contributed by atoms with van der Waals surface area (Å²) < 4.78 is 0.174. The van der Waals surface area contributed by atoms with Gasteiger partial charge in [0.15, 0.2) is 0 Å². The van der Waals surface area contributed by atoms with Crippen LogP contribution in [0.3, 0.4) is 0 Å². The highest BCUT2D eigenvalue weighted by Crippen LogP contribution is 2.37. The maximum Gasteiger partial charge on any atom is 0.0147 e. The van der Waals surface area contributed by atoms with Gasteiger partial charge in [-0.3, -0.25) is 0 Å². The molecule has 0 amide bonds. The van der Waals surface area contributed by atoms with E-state index in [4.69, 9.17) is 0 Å². The predicted molar refractivity (Wildman–Crippen MR) is 47.1 cm³/mol. The zero-order valence-electron chi connectivity index (χ0n) is 7.15. The van der Waals surface area contributed by atoms with Gasteiger partial charge in [-0.25, -0.2) is 0 Å². The van der Waals surface area contributed by atoms with E-state index >= 15 is 0 Å². The lowest BCUT2D eigenvalue weighted by Crippen LogP contribution is -2.33. The molecule has 0 nitrogen and oxygen atoms in total. The fourth-order valence-corrected chi connectivity index (χ4v) is 0.530. The van der Waals surface area contributed by atoms with Crippen LogP contribution in [0.15, 0.2) is 0 Å². The molecule has 0 heterocycles. The minimum absolute atomic E-state index is 0.174. The highest BCUT2D eigenvalue weighted by molar-refractivity contribution is 7.81. The summed E-state index contributed by atoms with van der Waals surface area (Å²) in [7, 11) is 0. The molecule has 1 unspecified atom stereocenters. The second kappa shape index (κ2) is 2.53.